The van der Waals surface area contributed by atoms with Gasteiger partial charge in [-0.15, -0.1) is 0 Å². The Balaban J connectivity index is 3.20. The van der Waals surface area contributed by atoms with E-state index in [1.54, 1.807) is 7.11 Å². The van der Waals surface area contributed by atoms with Crippen molar-refractivity contribution in [3.8, 4) is 0 Å². The third kappa shape index (κ3) is 6.28. The highest BCUT2D eigenvalue weighted by Gasteiger charge is 2.04. The third-order valence-electron chi connectivity index (χ3n) is 1.43. The summed E-state index contributed by atoms with van der Waals surface area (Å²) in [5.74, 6) is 0. The minimum atomic E-state index is -0.230. The van der Waals surface area contributed by atoms with E-state index in [1.165, 1.54) is 0 Å². The Hall–Kier alpha value is -0.120. The molecule has 0 saturated heterocycles. The van der Waals surface area contributed by atoms with E-state index in [9.17, 15) is 0 Å². The molecule has 0 heterocycles. The molecule has 0 aromatic heterocycles. The Labute approximate surface area is 68.3 Å². The first-order chi connectivity index (χ1) is 5.35. The lowest BCUT2D eigenvalue weighted by molar-refractivity contribution is -0.132. The van der Waals surface area contributed by atoms with Crippen LogP contribution in [0, 0.1) is 0 Å². The van der Waals surface area contributed by atoms with Crippen LogP contribution in [0.2, 0.25) is 0 Å². The van der Waals surface area contributed by atoms with E-state index >= 15 is 0 Å². The van der Waals surface area contributed by atoms with Crippen LogP contribution in [0.5, 0.6) is 0 Å². The molecular weight excluding hydrogens is 144 g/mol. The minimum Gasteiger partial charge on any atom is -0.396 e. The molecule has 0 spiro atoms. The first-order valence-electron chi connectivity index (χ1n) is 4.10. The number of aliphatic hydroxyl groups is 1. The van der Waals surface area contributed by atoms with Crippen molar-refractivity contribution in [2.45, 2.75) is 32.5 Å². The van der Waals surface area contributed by atoms with Crippen LogP contribution in [0.15, 0.2) is 0 Å². The largest absolute Gasteiger partial charge is 0.396 e. The lowest BCUT2D eigenvalue weighted by Gasteiger charge is -2.14. The van der Waals surface area contributed by atoms with Gasteiger partial charge in [0.1, 0.15) is 0 Å². The Morgan fingerprint density at radius 2 is 2.18 bits per heavy atom. The number of methoxy groups -OCH3 is 1. The molecule has 3 nitrogen and oxygen atoms in total. The standard InChI is InChI=1S/C8H18O3/c1-3-4-7-11-8(10-2)5-6-9/h8-9H,3-7H2,1-2H3. The molecule has 68 valence electrons. The molecule has 1 N–H and O–H groups in total. The van der Waals surface area contributed by atoms with Gasteiger partial charge in [-0.2, -0.15) is 0 Å². The van der Waals surface area contributed by atoms with Crippen molar-refractivity contribution in [3.63, 3.8) is 0 Å². The molecule has 0 aliphatic heterocycles. The number of hydrogen-bond donors (Lipinski definition) is 1. The smallest absolute Gasteiger partial charge is 0.159 e. The van der Waals surface area contributed by atoms with Gasteiger partial charge in [-0.05, 0) is 6.42 Å². The van der Waals surface area contributed by atoms with E-state index in [2.05, 4.69) is 6.92 Å². The molecule has 0 radical (unpaired) electrons. The summed E-state index contributed by atoms with van der Waals surface area (Å²) < 4.78 is 10.2. The number of rotatable bonds is 7. The van der Waals surface area contributed by atoms with Crippen LogP contribution in [0.4, 0.5) is 0 Å². The van der Waals surface area contributed by atoms with E-state index in [0.29, 0.717) is 6.42 Å². The fourth-order valence-corrected chi connectivity index (χ4v) is 0.734. The second-order valence-electron chi connectivity index (χ2n) is 2.40. The first-order valence-corrected chi connectivity index (χ1v) is 4.10. The summed E-state index contributed by atoms with van der Waals surface area (Å²) in [5, 5.41) is 8.56. The number of aliphatic hydroxyl groups excluding tert-OH is 1. The highest BCUT2D eigenvalue weighted by molar-refractivity contribution is 4.42. The molecule has 0 fully saturated rings. The van der Waals surface area contributed by atoms with Gasteiger partial charge < -0.3 is 14.6 Å². The maximum Gasteiger partial charge on any atom is 0.159 e. The van der Waals surface area contributed by atoms with Crippen molar-refractivity contribution in [2.24, 2.45) is 0 Å². The first kappa shape index (κ1) is 10.9. The second kappa shape index (κ2) is 7.98. The SMILES string of the molecule is CCCCOC(CCO)OC. The normalized spacial score (nSPS) is 13.4. The molecule has 3 heteroatoms. The molecule has 0 bridgehead atoms. The quantitative estimate of drug-likeness (QED) is 0.451. The molecule has 0 aromatic carbocycles. The summed E-state index contributed by atoms with van der Waals surface area (Å²) in [6, 6.07) is 0. The van der Waals surface area contributed by atoms with Gasteiger partial charge in [0.25, 0.3) is 0 Å². The highest BCUT2D eigenvalue weighted by Crippen LogP contribution is 2.00. The second-order valence-corrected chi connectivity index (χ2v) is 2.40. The van der Waals surface area contributed by atoms with Gasteiger partial charge in [-0.3, -0.25) is 0 Å². The van der Waals surface area contributed by atoms with Gasteiger partial charge in [-0.25, -0.2) is 0 Å². The number of hydrogen-bond acceptors (Lipinski definition) is 3. The van der Waals surface area contributed by atoms with Crippen LogP contribution >= 0.6 is 0 Å². The summed E-state index contributed by atoms with van der Waals surface area (Å²) in [6.45, 7) is 2.94. The van der Waals surface area contributed by atoms with Gasteiger partial charge in [0.05, 0.1) is 0 Å². The Kier molecular flexibility index (Phi) is 7.89. The van der Waals surface area contributed by atoms with Gasteiger partial charge in [0.15, 0.2) is 6.29 Å². The fourth-order valence-electron chi connectivity index (χ4n) is 0.734. The van der Waals surface area contributed by atoms with Crippen LogP contribution in [-0.4, -0.2) is 31.7 Å². The van der Waals surface area contributed by atoms with Crippen LogP contribution in [-0.2, 0) is 9.47 Å². The molecule has 0 amide bonds. The molecule has 0 aromatic rings. The van der Waals surface area contributed by atoms with E-state index in [0.717, 1.165) is 19.4 Å². The van der Waals surface area contributed by atoms with Crippen molar-refractivity contribution in [3.05, 3.63) is 0 Å². The Morgan fingerprint density at radius 3 is 2.64 bits per heavy atom. The van der Waals surface area contributed by atoms with Gasteiger partial charge >= 0.3 is 0 Å². The zero-order chi connectivity index (χ0) is 8.53. The molecular formula is C8H18O3. The van der Waals surface area contributed by atoms with Gasteiger partial charge in [0, 0.05) is 26.7 Å². The maximum atomic E-state index is 8.56. The van der Waals surface area contributed by atoms with Gasteiger partial charge in [0.2, 0.25) is 0 Å². The topological polar surface area (TPSA) is 38.7 Å². The lowest BCUT2D eigenvalue weighted by Crippen LogP contribution is -2.17. The predicted molar refractivity (Wildman–Crippen MR) is 43.4 cm³/mol. The van der Waals surface area contributed by atoms with Crippen LogP contribution in [0.3, 0.4) is 0 Å². The van der Waals surface area contributed by atoms with Crippen molar-refractivity contribution in [2.75, 3.05) is 20.3 Å². The fraction of sp³-hybridized carbons (Fsp3) is 1.00. The molecule has 1 unspecified atom stereocenters. The highest BCUT2D eigenvalue weighted by atomic mass is 16.7. The monoisotopic (exact) mass is 162 g/mol. The summed E-state index contributed by atoms with van der Waals surface area (Å²) in [7, 11) is 1.59. The Morgan fingerprint density at radius 1 is 1.45 bits per heavy atom. The summed E-state index contributed by atoms with van der Waals surface area (Å²) >= 11 is 0. The average molecular weight is 162 g/mol. The molecule has 11 heavy (non-hydrogen) atoms. The summed E-state index contributed by atoms with van der Waals surface area (Å²) in [5.41, 5.74) is 0. The van der Waals surface area contributed by atoms with E-state index < -0.39 is 0 Å². The molecule has 0 saturated carbocycles. The summed E-state index contributed by atoms with van der Waals surface area (Å²) in [4.78, 5) is 0. The van der Waals surface area contributed by atoms with Crippen molar-refractivity contribution >= 4 is 0 Å². The minimum absolute atomic E-state index is 0.116. The molecule has 0 rings (SSSR count). The number of ether oxygens (including phenoxy) is 2. The molecule has 0 aliphatic rings. The Bertz CT molecular complexity index is 75.7. The summed E-state index contributed by atoms with van der Waals surface area (Å²) in [6.07, 6.45) is 2.49. The molecule has 0 aliphatic carbocycles. The zero-order valence-corrected chi connectivity index (χ0v) is 7.38. The van der Waals surface area contributed by atoms with E-state index in [1.807, 2.05) is 0 Å². The van der Waals surface area contributed by atoms with Crippen LogP contribution in [0.25, 0.3) is 0 Å². The van der Waals surface area contributed by atoms with E-state index in [-0.39, 0.29) is 12.9 Å². The maximum absolute atomic E-state index is 8.56. The van der Waals surface area contributed by atoms with Gasteiger partial charge in [-0.1, -0.05) is 13.3 Å². The van der Waals surface area contributed by atoms with Crippen LogP contribution in [0.1, 0.15) is 26.2 Å². The average Bonchev–Trinajstić information content (AvgIpc) is 2.03. The number of unbranched alkanes of at least 4 members (excludes halogenated alkanes) is 1. The van der Waals surface area contributed by atoms with Crippen molar-refractivity contribution in [1.82, 2.24) is 0 Å². The van der Waals surface area contributed by atoms with Crippen molar-refractivity contribution in [1.29, 1.82) is 0 Å². The zero-order valence-electron chi connectivity index (χ0n) is 7.38. The van der Waals surface area contributed by atoms with Crippen LogP contribution < -0.4 is 0 Å². The third-order valence-corrected chi connectivity index (χ3v) is 1.43. The predicted octanol–water partition coefficient (Wildman–Crippen LogP) is 1.16. The van der Waals surface area contributed by atoms with Crippen molar-refractivity contribution < 1.29 is 14.6 Å². The van der Waals surface area contributed by atoms with E-state index in [4.69, 9.17) is 14.6 Å². The lowest BCUT2D eigenvalue weighted by atomic mass is 10.3. The molecule has 1 atom stereocenters.